The molecule has 0 radical (unpaired) electrons. The number of ether oxygens (including phenoxy) is 4. The van der Waals surface area contributed by atoms with Gasteiger partial charge >= 0.3 is 12.1 Å². The highest BCUT2D eigenvalue weighted by atomic mass is 19.4. The summed E-state index contributed by atoms with van der Waals surface area (Å²) in [7, 11) is 1.35. The molecule has 0 spiro atoms. The van der Waals surface area contributed by atoms with Gasteiger partial charge in [-0.15, -0.1) is 0 Å². The van der Waals surface area contributed by atoms with Crippen molar-refractivity contribution in [1.82, 2.24) is 0 Å². The molecule has 2 aliphatic rings. The Morgan fingerprint density at radius 3 is 2.34 bits per heavy atom. The van der Waals surface area contributed by atoms with Gasteiger partial charge in [-0.05, 0) is 98.2 Å². The fraction of sp³-hybridized carbons (Fsp3) is 0.441. The summed E-state index contributed by atoms with van der Waals surface area (Å²) >= 11 is 0. The molecule has 7 nitrogen and oxygen atoms in total. The minimum absolute atomic E-state index is 0.114. The lowest BCUT2D eigenvalue weighted by Gasteiger charge is -2.25. The van der Waals surface area contributed by atoms with E-state index in [-0.39, 0.29) is 30.5 Å². The van der Waals surface area contributed by atoms with E-state index in [0.29, 0.717) is 64.5 Å². The number of esters is 1. The van der Waals surface area contributed by atoms with Crippen LogP contribution in [0.25, 0.3) is 11.1 Å². The fourth-order valence-corrected chi connectivity index (χ4v) is 6.04. The summed E-state index contributed by atoms with van der Waals surface area (Å²) < 4.78 is 65.9. The van der Waals surface area contributed by atoms with Crippen LogP contribution in [0.4, 0.5) is 13.2 Å². The monoisotopic (exact) mass is 614 g/mol. The number of aryl methyl sites for hydroxylation is 2. The van der Waals surface area contributed by atoms with E-state index in [2.05, 4.69) is 0 Å². The Balaban J connectivity index is 1.45. The molecule has 3 atom stereocenters. The number of carbonyl (C=O) groups excluding carboxylic acids is 1. The van der Waals surface area contributed by atoms with Crippen LogP contribution in [0.1, 0.15) is 72.1 Å². The highest BCUT2D eigenvalue weighted by Crippen LogP contribution is 2.48. The third-order valence-corrected chi connectivity index (χ3v) is 8.42. The number of hydrogen-bond acceptors (Lipinski definition) is 7. The molecule has 1 aliphatic carbocycles. The van der Waals surface area contributed by atoms with E-state index < -0.39 is 29.5 Å². The number of aliphatic hydroxyl groups is 2. The average Bonchev–Trinajstić information content (AvgIpc) is 3.54. The minimum atomic E-state index is -4.58. The van der Waals surface area contributed by atoms with Gasteiger partial charge in [0.2, 0.25) is 0 Å². The SMILES string of the molecule is COC(=O)C[C@@H]1COc2cc(O[C@@H]3CCc4c3ccc(C(F)(F)F)c4-c3c(C)cc(OC[C@@H](O)C(C)(C)O)cc3C)ccc21. The van der Waals surface area contributed by atoms with Crippen molar-refractivity contribution in [2.24, 2.45) is 0 Å². The zero-order valence-corrected chi connectivity index (χ0v) is 25.4. The summed E-state index contributed by atoms with van der Waals surface area (Å²) in [5.41, 5.74) is 1.92. The summed E-state index contributed by atoms with van der Waals surface area (Å²) in [5.74, 6) is 1.11. The zero-order chi connectivity index (χ0) is 32.0. The first-order valence-electron chi connectivity index (χ1n) is 14.6. The summed E-state index contributed by atoms with van der Waals surface area (Å²) in [4.78, 5) is 11.8. The fourth-order valence-electron chi connectivity index (χ4n) is 6.04. The van der Waals surface area contributed by atoms with Crippen molar-refractivity contribution >= 4 is 5.97 Å². The van der Waals surface area contributed by atoms with Crippen molar-refractivity contribution in [2.75, 3.05) is 20.3 Å². The van der Waals surface area contributed by atoms with Gasteiger partial charge in [0.1, 0.15) is 36.1 Å². The largest absolute Gasteiger partial charge is 0.492 e. The molecule has 2 N–H and O–H groups in total. The highest BCUT2D eigenvalue weighted by Gasteiger charge is 2.39. The van der Waals surface area contributed by atoms with Gasteiger partial charge in [0.25, 0.3) is 0 Å². The maximum Gasteiger partial charge on any atom is 0.417 e. The predicted octanol–water partition coefficient (Wildman–Crippen LogP) is 6.61. The topological polar surface area (TPSA) is 94.5 Å². The standard InChI is InChI=1S/C34H37F3O7/c1-18-12-22(42-17-29(38)33(3,4)40)13-19(2)31(18)32-25-9-11-27(24(25)8-10-26(32)34(35,36)37)44-21-6-7-23-20(14-30(39)41-5)16-43-28(23)15-21/h6-8,10,12-13,15,20,27,29,38,40H,9,11,14,16-17H2,1-5H3/t20-,27-,29-/m1/s1. The third-order valence-electron chi connectivity index (χ3n) is 8.42. The number of halogens is 3. The Kier molecular flexibility index (Phi) is 8.61. The molecule has 236 valence electrons. The van der Waals surface area contributed by atoms with E-state index in [0.717, 1.165) is 11.6 Å². The van der Waals surface area contributed by atoms with Crippen LogP contribution in [0.5, 0.6) is 17.2 Å². The van der Waals surface area contributed by atoms with Gasteiger partial charge in [-0.1, -0.05) is 12.1 Å². The number of fused-ring (bicyclic) bond motifs is 2. The molecule has 0 saturated carbocycles. The molecular formula is C34H37F3O7. The lowest BCUT2D eigenvalue weighted by Crippen LogP contribution is -2.40. The van der Waals surface area contributed by atoms with E-state index in [9.17, 15) is 28.2 Å². The first kappa shape index (κ1) is 31.7. The molecule has 0 amide bonds. The van der Waals surface area contributed by atoms with E-state index in [1.807, 2.05) is 6.07 Å². The lowest BCUT2D eigenvalue weighted by atomic mass is 9.86. The van der Waals surface area contributed by atoms with Crippen LogP contribution < -0.4 is 14.2 Å². The number of aliphatic hydroxyl groups excluding tert-OH is 1. The van der Waals surface area contributed by atoms with Crippen molar-refractivity contribution in [2.45, 2.75) is 76.9 Å². The van der Waals surface area contributed by atoms with Crippen molar-refractivity contribution in [1.29, 1.82) is 0 Å². The Morgan fingerprint density at radius 2 is 1.70 bits per heavy atom. The van der Waals surface area contributed by atoms with Crippen LogP contribution >= 0.6 is 0 Å². The molecule has 3 aromatic carbocycles. The van der Waals surface area contributed by atoms with Crippen LogP contribution in [0.3, 0.4) is 0 Å². The van der Waals surface area contributed by atoms with Crippen LogP contribution in [0.15, 0.2) is 42.5 Å². The highest BCUT2D eigenvalue weighted by molar-refractivity contribution is 5.80. The number of benzene rings is 3. The van der Waals surface area contributed by atoms with Crippen molar-refractivity contribution in [3.63, 3.8) is 0 Å². The van der Waals surface area contributed by atoms with Gasteiger partial charge in [-0.2, -0.15) is 13.2 Å². The quantitative estimate of drug-likeness (QED) is 0.262. The second kappa shape index (κ2) is 12.0. The number of methoxy groups -OCH3 is 1. The first-order valence-corrected chi connectivity index (χ1v) is 14.6. The summed E-state index contributed by atoms with van der Waals surface area (Å²) in [5, 5.41) is 20.1. The van der Waals surface area contributed by atoms with Gasteiger partial charge in [0, 0.05) is 17.5 Å². The second-order valence-electron chi connectivity index (χ2n) is 12.1. The molecule has 44 heavy (non-hydrogen) atoms. The van der Waals surface area contributed by atoms with Gasteiger partial charge < -0.3 is 29.2 Å². The number of carbonyl (C=O) groups is 1. The van der Waals surface area contributed by atoms with Crippen LogP contribution in [-0.4, -0.2) is 48.2 Å². The molecule has 1 heterocycles. The predicted molar refractivity (Wildman–Crippen MR) is 157 cm³/mol. The number of alkyl halides is 3. The van der Waals surface area contributed by atoms with E-state index in [1.54, 1.807) is 38.1 Å². The number of rotatable bonds is 9. The van der Waals surface area contributed by atoms with Crippen LogP contribution in [0, 0.1) is 13.8 Å². The first-order chi connectivity index (χ1) is 20.7. The van der Waals surface area contributed by atoms with Crippen molar-refractivity contribution in [3.8, 4) is 28.4 Å². The molecule has 0 saturated heterocycles. The molecule has 0 aromatic heterocycles. The van der Waals surface area contributed by atoms with Gasteiger partial charge in [-0.25, -0.2) is 0 Å². The molecule has 3 aromatic rings. The molecule has 5 rings (SSSR count). The minimum Gasteiger partial charge on any atom is -0.492 e. The maximum atomic E-state index is 14.4. The Bertz CT molecular complexity index is 1530. The molecule has 0 bridgehead atoms. The van der Waals surface area contributed by atoms with E-state index >= 15 is 0 Å². The van der Waals surface area contributed by atoms with Gasteiger partial charge in [0.15, 0.2) is 0 Å². The molecule has 0 fully saturated rings. The smallest absolute Gasteiger partial charge is 0.417 e. The van der Waals surface area contributed by atoms with E-state index in [4.69, 9.17) is 18.9 Å². The van der Waals surface area contributed by atoms with E-state index in [1.165, 1.54) is 27.0 Å². The molecular weight excluding hydrogens is 577 g/mol. The Hall–Kier alpha value is -3.76. The number of hydrogen-bond donors (Lipinski definition) is 2. The Labute approximate surface area is 254 Å². The molecule has 10 heteroatoms. The Morgan fingerprint density at radius 1 is 1.02 bits per heavy atom. The van der Waals surface area contributed by atoms with Gasteiger partial charge in [0.05, 0.1) is 31.3 Å². The lowest BCUT2D eigenvalue weighted by molar-refractivity contribution is -0.141. The third kappa shape index (κ3) is 6.37. The van der Waals surface area contributed by atoms with Crippen molar-refractivity contribution < 1.29 is 47.1 Å². The maximum absolute atomic E-state index is 14.4. The molecule has 1 aliphatic heterocycles. The summed E-state index contributed by atoms with van der Waals surface area (Å²) in [6.45, 7) is 6.59. The van der Waals surface area contributed by atoms with Crippen molar-refractivity contribution in [3.05, 3.63) is 75.8 Å². The second-order valence-corrected chi connectivity index (χ2v) is 12.1. The van der Waals surface area contributed by atoms with Gasteiger partial charge in [-0.3, -0.25) is 4.79 Å². The van der Waals surface area contributed by atoms with Crippen LogP contribution in [-0.2, 0) is 22.1 Å². The normalized spacial score (nSPS) is 18.3. The molecule has 0 unspecified atom stereocenters. The average molecular weight is 615 g/mol. The van der Waals surface area contributed by atoms with Crippen LogP contribution in [0.2, 0.25) is 0 Å². The zero-order valence-electron chi connectivity index (χ0n) is 25.4. The summed E-state index contributed by atoms with van der Waals surface area (Å²) in [6, 6.07) is 11.4. The summed E-state index contributed by atoms with van der Waals surface area (Å²) in [6.07, 6.45) is -5.07.